The summed E-state index contributed by atoms with van der Waals surface area (Å²) < 4.78 is 23.0. The van der Waals surface area contributed by atoms with Crippen LogP contribution in [0.3, 0.4) is 0 Å². The maximum Gasteiger partial charge on any atom is 0.328 e. The van der Waals surface area contributed by atoms with E-state index >= 15 is 0 Å². The molecule has 2 aliphatic rings. The number of hydrogen-bond acceptors (Lipinski definition) is 6. The number of aromatic nitrogens is 4. The Morgan fingerprint density at radius 1 is 1.22 bits per heavy atom. The highest BCUT2D eigenvalue weighted by molar-refractivity contribution is 5.82. The molecule has 198 valence electrons. The Hall–Kier alpha value is -3.31. The highest BCUT2D eigenvalue weighted by Crippen LogP contribution is 2.43. The Balaban J connectivity index is 1.27. The summed E-state index contributed by atoms with van der Waals surface area (Å²) in [7, 11) is 0. The van der Waals surface area contributed by atoms with Gasteiger partial charge in [0.05, 0.1) is 41.1 Å². The van der Waals surface area contributed by atoms with Gasteiger partial charge in [-0.25, -0.2) is 9.78 Å². The van der Waals surface area contributed by atoms with Crippen molar-refractivity contribution in [3.63, 3.8) is 0 Å². The van der Waals surface area contributed by atoms with Gasteiger partial charge in [0.25, 0.3) is 5.56 Å². The molecule has 0 aliphatic carbocycles. The Morgan fingerprint density at radius 2 is 1.89 bits per heavy atom. The number of rotatable bonds is 3. The van der Waals surface area contributed by atoms with Crippen molar-refractivity contribution in [2.24, 2.45) is 0 Å². The van der Waals surface area contributed by atoms with Crippen LogP contribution in [0.2, 0.25) is 0 Å². The lowest BCUT2D eigenvalue weighted by molar-refractivity contribution is -0.198. The van der Waals surface area contributed by atoms with Crippen molar-refractivity contribution >= 4 is 16.9 Å². The first-order valence-corrected chi connectivity index (χ1v) is 12.5. The van der Waals surface area contributed by atoms with Crippen LogP contribution in [0.15, 0.2) is 27.9 Å². The van der Waals surface area contributed by atoms with Gasteiger partial charge < -0.3 is 19.3 Å². The predicted molar refractivity (Wildman–Crippen MR) is 134 cm³/mol. The average Bonchev–Trinajstić information content (AvgIpc) is 3.11. The van der Waals surface area contributed by atoms with E-state index in [2.05, 4.69) is 11.1 Å². The third-order valence-electron chi connectivity index (χ3n) is 8.08. The number of ether oxygens (including phenoxy) is 1. The van der Waals surface area contributed by atoms with Gasteiger partial charge in [0.15, 0.2) is 0 Å². The highest BCUT2D eigenvalue weighted by atomic mass is 19.1. The van der Waals surface area contributed by atoms with Crippen LogP contribution in [0.1, 0.15) is 49.2 Å². The molecule has 0 radical (unpaired) electrons. The first-order valence-electron chi connectivity index (χ1n) is 12.5. The SMILES string of the molecule is Cc1cc2nc(C)n(CC(=O)N3CCC4(CC3)C[C@@](C)(O)[C@H](n3cc(F)c(=O)[nH]c3=O)CO4)c2cc1C. The molecule has 2 saturated heterocycles. The van der Waals surface area contributed by atoms with E-state index in [4.69, 9.17) is 4.74 Å². The smallest absolute Gasteiger partial charge is 0.328 e. The molecule has 2 atom stereocenters. The standard InChI is InChI=1S/C26H32FN5O5/c1-15-9-19-20(10-16(15)2)31(17(3)28-19)12-22(33)30-7-5-26(6-8-30)14-25(4,36)21(13-37-26)32-11-18(27)23(34)29-24(32)35/h9-11,21,36H,5-8,12-14H2,1-4H3,(H,29,34,35)/t21-,25-/m1/s1. The summed E-state index contributed by atoms with van der Waals surface area (Å²) >= 11 is 0. The molecule has 2 N–H and O–H groups in total. The zero-order chi connectivity index (χ0) is 26.7. The van der Waals surface area contributed by atoms with E-state index in [0.717, 1.165) is 38.7 Å². The summed E-state index contributed by atoms with van der Waals surface area (Å²) in [6.07, 6.45) is 2.08. The molecule has 10 nitrogen and oxygen atoms in total. The van der Waals surface area contributed by atoms with Gasteiger partial charge in [-0.15, -0.1) is 0 Å². The number of aromatic amines is 1. The number of hydrogen-bond donors (Lipinski definition) is 2. The number of aliphatic hydroxyl groups is 1. The molecule has 1 spiro atoms. The molecule has 4 heterocycles. The first-order chi connectivity index (χ1) is 17.4. The Morgan fingerprint density at radius 3 is 2.57 bits per heavy atom. The number of halogens is 1. The summed E-state index contributed by atoms with van der Waals surface area (Å²) in [6, 6.07) is 3.25. The van der Waals surface area contributed by atoms with Crippen LogP contribution < -0.4 is 11.2 Å². The fourth-order valence-corrected chi connectivity index (χ4v) is 5.75. The zero-order valence-corrected chi connectivity index (χ0v) is 21.5. The molecule has 0 saturated carbocycles. The second-order valence-corrected chi connectivity index (χ2v) is 10.7. The molecule has 2 aliphatic heterocycles. The molecule has 1 aromatic carbocycles. The van der Waals surface area contributed by atoms with Gasteiger partial charge in [-0.1, -0.05) is 0 Å². The van der Waals surface area contributed by atoms with Gasteiger partial charge in [-0.05, 0) is 63.8 Å². The molecular weight excluding hydrogens is 481 g/mol. The fourth-order valence-electron chi connectivity index (χ4n) is 5.75. The maximum atomic E-state index is 13.8. The second-order valence-electron chi connectivity index (χ2n) is 10.7. The lowest BCUT2D eigenvalue weighted by Gasteiger charge is -2.51. The molecule has 11 heteroatoms. The highest BCUT2D eigenvalue weighted by Gasteiger charge is 2.50. The normalized spacial score (nSPS) is 23.6. The summed E-state index contributed by atoms with van der Waals surface area (Å²) in [4.78, 5) is 45.3. The number of amides is 1. The number of nitrogens with one attached hydrogen (secondary N) is 1. The van der Waals surface area contributed by atoms with Gasteiger partial charge >= 0.3 is 5.69 Å². The third kappa shape index (κ3) is 4.50. The molecule has 0 bridgehead atoms. The third-order valence-corrected chi connectivity index (χ3v) is 8.08. The largest absolute Gasteiger partial charge is 0.388 e. The van der Waals surface area contributed by atoms with Gasteiger partial charge in [0.1, 0.15) is 12.4 Å². The quantitative estimate of drug-likeness (QED) is 0.550. The van der Waals surface area contributed by atoms with Crippen LogP contribution in [-0.4, -0.2) is 65.9 Å². The molecule has 0 unspecified atom stereocenters. The number of fused-ring (bicyclic) bond motifs is 1. The van der Waals surface area contributed by atoms with Crippen molar-refractivity contribution in [2.45, 2.75) is 70.7 Å². The summed E-state index contributed by atoms with van der Waals surface area (Å²) in [6.45, 7) is 8.68. The van der Waals surface area contributed by atoms with Crippen molar-refractivity contribution in [1.29, 1.82) is 0 Å². The summed E-state index contributed by atoms with van der Waals surface area (Å²) in [5, 5.41) is 11.3. The van der Waals surface area contributed by atoms with E-state index in [1.807, 2.05) is 41.3 Å². The average molecular weight is 514 g/mol. The fraction of sp³-hybridized carbons (Fsp3) is 0.538. The Labute approximate surface area is 212 Å². The number of aryl methyl sites for hydroxylation is 3. The Bertz CT molecular complexity index is 1500. The van der Waals surface area contributed by atoms with Crippen LogP contribution in [0, 0.1) is 26.6 Å². The van der Waals surface area contributed by atoms with E-state index < -0.39 is 34.3 Å². The number of carbonyl (C=O) groups excluding carboxylic acids is 1. The van der Waals surface area contributed by atoms with Crippen molar-refractivity contribution < 1.29 is 19.0 Å². The number of imidazole rings is 1. The first kappa shape index (κ1) is 25.3. The number of benzene rings is 1. The van der Waals surface area contributed by atoms with Crippen molar-refractivity contribution in [3.8, 4) is 0 Å². The van der Waals surface area contributed by atoms with Crippen LogP contribution in [0.5, 0.6) is 0 Å². The summed E-state index contributed by atoms with van der Waals surface area (Å²) in [5.41, 5.74) is 0.168. The lowest BCUT2D eigenvalue weighted by Crippen LogP contribution is -2.59. The van der Waals surface area contributed by atoms with E-state index in [9.17, 15) is 23.9 Å². The number of likely N-dealkylation sites (tertiary alicyclic amines) is 1. The van der Waals surface area contributed by atoms with Crippen LogP contribution >= 0.6 is 0 Å². The van der Waals surface area contributed by atoms with E-state index in [1.54, 1.807) is 6.92 Å². The van der Waals surface area contributed by atoms with Crippen LogP contribution in [0.25, 0.3) is 11.0 Å². The van der Waals surface area contributed by atoms with E-state index in [0.29, 0.717) is 25.9 Å². The van der Waals surface area contributed by atoms with Crippen molar-refractivity contribution in [1.82, 2.24) is 24.0 Å². The molecule has 5 rings (SSSR count). The molecule has 2 fully saturated rings. The number of piperidine rings is 1. The van der Waals surface area contributed by atoms with Crippen LogP contribution in [-0.2, 0) is 16.1 Å². The van der Waals surface area contributed by atoms with Crippen LogP contribution in [0.4, 0.5) is 4.39 Å². The maximum absolute atomic E-state index is 13.8. The molecule has 3 aromatic rings. The van der Waals surface area contributed by atoms with Crippen molar-refractivity contribution in [3.05, 3.63) is 61.9 Å². The zero-order valence-electron chi connectivity index (χ0n) is 21.5. The number of H-pyrrole nitrogens is 1. The summed E-state index contributed by atoms with van der Waals surface area (Å²) in [5.74, 6) is -0.326. The van der Waals surface area contributed by atoms with Crippen molar-refractivity contribution in [2.75, 3.05) is 19.7 Å². The van der Waals surface area contributed by atoms with Gasteiger partial charge in [-0.2, -0.15) is 4.39 Å². The minimum Gasteiger partial charge on any atom is -0.388 e. The second kappa shape index (κ2) is 8.91. The Kier molecular flexibility index (Phi) is 6.11. The molecular formula is C26H32FN5O5. The minimum atomic E-state index is -1.39. The van der Waals surface area contributed by atoms with E-state index in [-0.39, 0.29) is 25.5 Å². The topological polar surface area (TPSA) is 122 Å². The van der Waals surface area contributed by atoms with Gasteiger partial charge in [0, 0.05) is 19.5 Å². The lowest BCUT2D eigenvalue weighted by atomic mass is 9.75. The molecule has 1 amide bonds. The number of nitrogens with zero attached hydrogens (tertiary/aromatic N) is 4. The molecule has 37 heavy (non-hydrogen) atoms. The minimum absolute atomic E-state index is 0.00816. The molecule has 2 aromatic heterocycles. The van der Waals surface area contributed by atoms with E-state index in [1.165, 1.54) is 0 Å². The predicted octanol–water partition coefficient (Wildman–Crippen LogP) is 1.72. The van der Waals surface area contributed by atoms with Gasteiger partial charge in [-0.3, -0.25) is 19.1 Å². The number of carbonyl (C=O) groups is 1. The monoisotopic (exact) mass is 513 g/mol. The van der Waals surface area contributed by atoms with Gasteiger partial charge in [0.2, 0.25) is 11.7 Å².